The Bertz CT molecular complexity index is 469. The molecule has 1 aliphatic heterocycles. The van der Waals surface area contributed by atoms with Crippen LogP contribution in [0.4, 0.5) is 0 Å². The summed E-state index contributed by atoms with van der Waals surface area (Å²) in [6, 6.07) is 0. The van der Waals surface area contributed by atoms with Crippen molar-refractivity contribution in [3.8, 4) is 0 Å². The van der Waals surface area contributed by atoms with Gasteiger partial charge in [0.05, 0.1) is 18.4 Å². The number of aromatic nitrogens is 2. The number of aromatic amines is 1. The zero-order chi connectivity index (χ0) is 12.7. The van der Waals surface area contributed by atoms with E-state index in [1.54, 1.807) is 0 Å². The number of hydrogen-bond donors (Lipinski definition) is 2. The second-order valence-electron chi connectivity index (χ2n) is 5.35. The number of aliphatic carboxylic acids is 1. The number of fused-ring (bicyclic) bond motifs is 1. The fourth-order valence-electron chi connectivity index (χ4n) is 2.98. The number of ether oxygens (including phenoxy) is 1. The number of H-pyrrole nitrogens is 1. The maximum atomic E-state index is 11.2. The first-order valence-corrected chi connectivity index (χ1v) is 6.58. The molecule has 1 fully saturated rings. The third-order valence-corrected chi connectivity index (χ3v) is 3.96. The van der Waals surface area contributed by atoms with Crippen molar-refractivity contribution < 1.29 is 14.6 Å². The highest BCUT2D eigenvalue weighted by Gasteiger charge is 2.32. The van der Waals surface area contributed by atoms with Gasteiger partial charge >= 0.3 is 5.97 Å². The van der Waals surface area contributed by atoms with E-state index in [1.807, 2.05) is 0 Å². The van der Waals surface area contributed by atoms with E-state index >= 15 is 0 Å². The smallest absolute Gasteiger partial charge is 0.312 e. The third-order valence-electron chi connectivity index (χ3n) is 3.96. The summed E-state index contributed by atoms with van der Waals surface area (Å²) >= 11 is 0. The molecule has 1 aromatic rings. The van der Waals surface area contributed by atoms with E-state index in [0.717, 1.165) is 36.5 Å². The molecule has 2 heterocycles. The van der Waals surface area contributed by atoms with Gasteiger partial charge in [-0.2, -0.15) is 0 Å². The zero-order valence-electron chi connectivity index (χ0n) is 10.5. The summed E-state index contributed by atoms with van der Waals surface area (Å²) in [5, 5.41) is 9.22. The Balaban J connectivity index is 1.89. The van der Waals surface area contributed by atoms with Crippen LogP contribution in [0.2, 0.25) is 0 Å². The van der Waals surface area contributed by atoms with Crippen LogP contribution in [-0.2, 0) is 16.0 Å². The topological polar surface area (TPSA) is 75.2 Å². The molecule has 0 amide bonds. The number of imidazole rings is 1. The second-order valence-corrected chi connectivity index (χ2v) is 5.35. The fraction of sp³-hybridized carbons (Fsp3) is 0.692. The molecule has 3 rings (SSSR count). The fourth-order valence-corrected chi connectivity index (χ4v) is 2.98. The van der Waals surface area contributed by atoms with Crippen LogP contribution >= 0.6 is 0 Å². The highest BCUT2D eigenvalue weighted by molar-refractivity contribution is 5.76. The van der Waals surface area contributed by atoms with E-state index in [1.165, 1.54) is 0 Å². The minimum absolute atomic E-state index is 0.271. The lowest BCUT2D eigenvalue weighted by molar-refractivity contribution is -0.139. The van der Waals surface area contributed by atoms with E-state index in [4.69, 9.17) is 4.74 Å². The largest absolute Gasteiger partial charge is 0.481 e. The first kappa shape index (κ1) is 11.7. The molecule has 0 radical (unpaired) electrons. The molecule has 0 saturated carbocycles. The number of nitrogens with one attached hydrogen (secondary N) is 1. The standard InChI is InChI=1S/C13H18N2O3/c1-7-5-8(6-18-7)12-14-10-4-2-3-9(13(16)17)11(10)15-12/h7-9H,2-6H2,1H3,(H,14,15)(H,16,17). The predicted molar refractivity (Wildman–Crippen MR) is 64.7 cm³/mol. The number of hydrogen-bond acceptors (Lipinski definition) is 3. The van der Waals surface area contributed by atoms with Crippen LogP contribution in [0.1, 0.15) is 55.2 Å². The Morgan fingerprint density at radius 3 is 3.06 bits per heavy atom. The predicted octanol–water partition coefficient (Wildman–Crippen LogP) is 1.81. The highest BCUT2D eigenvalue weighted by Crippen LogP contribution is 2.34. The van der Waals surface area contributed by atoms with Crippen LogP contribution < -0.4 is 0 Å². The van der Waals surface area contributed by atoms with Crippen molar-refractivity contribution in [2.45, 2.75) is 50.5 Å². The quantitative estimate of drug-likeness (QED) is 0.839. The highest BCUT2D eigenvalue weighted by atomic mass is 16.5. The number of carboxylic acid groups (broad SMARTS) is 1. The molecule has 2 aliphatic rings. The van der Waals surface area contributed by atoms with Gasteiger partial charge in [0.15, 0.2) is 0 Å². The van der Waals surface area contributed by atoms with E-state index < -0.39 is 11.9 Å². The lowest BCUT2D eigenvalue weighted by Crippen LogP contribution is -2.17. The van der Waals surface area contributed by atoms with Gasteiger partial charge in [0.2, 0.25) is 0 Å². The number of carboxylic acids is 1. The van der Waals surface area contributed by atoms with Gasteiger partial charge < -0.3 is 14.8 Å². The first-order chi connectivity index (χ1) is 8.65. The van der Waals surface area contributed by atoms with Gasteiger partial charge in [0.1, 0.15) is 11.7 Å². The molecule has 5 nitrogen and oxygen atoms in total. The van der Waals surface area contributed by atoms with Crippen molar-refractivity contribution in [2.24, 2.45) is 0 Å². The van der Waals surface area contributed by atoms with Crippen LogP contribution in [0.15, 0.2) is 0 Å². The van der Waals surface area contributed by atoms with Crippen molar-refractivity contribution in [3.05, 3.63) is 17.2 Å². The molecular weight excluding hydrogens is 232 g/mol. The van der Waals surface area contributed by atoms with E-state index in [-0.39, 0.29) is 6.10 Å². The van der Waals surface area contributed by atoms with Gasteiger partial charge in [0, 0.05) is 11.6 Å². The van der Waals surface area contributed by atoms with E-state index in [2.05, 4.69) is 16.9 Å². The summed E-state index contributed by atoms with van der Waals surface area (Å²) in [5.74, 6) is 0.0149. The number of carbonyl (C=O) groups is 1. The minimum atomic E-state index is -0.759. The molecule has 5 heteroatoms. The maximum Gasteiger partial charge on any atom is 0.312 e. The maximum absolute atomic E-state index is 11.2. The summed E-state index contributed by atoms with van der Waals surface area (Å²) in [6.07, 6.45) is 3.76. The van der Waals surface area contributed by atoms with E-state index in [9.17, 15) is 9.90 Å². The Hall–Kier alpha value is -1.36. The van der Waals surface area contributed by atoms with Crippen LogP contribution in [0.25, 0.3) is 0 Å². The first-order valence-electron chi connectivity index (χ1n) is 6.58. The average molecular weight is 250 g/mol. The summed E-state index contributed by atoms with van der Waals surface area (Å²) in [5.41, 5.74) is 1.77. The summed E-state index contributed by atoms with van der Waals surface area (Å²) < 4.78 is 5.55. The molecule has 1 aliphatic carbocycles. The molecule has 98 valence electrons. The summed E-state index contributed by atoms with van der Waals surface area (Å²) in [7, 11) is 0. The zero-order valence-corrected chi connectivity index (χ0v) is 10.5. The van der Waals surface area contributed by atoms with E-state index in [0.29, 0.717) is 18.9 Å². The van der Waals surface area contributed by atoms with Gasteiger partial charge in [-0.15, -0.1) is 0 Å². The molecule has 3 unspecified atom stereocenters. The molecule has 3 atom stereocenters. The molecule has 2 N–H and O–H groups in total. The Labute approximate surface area is 106 Å². The average Bonchev–Trinajstić information content (AvgIpc) is 2.93. The Kier molecular flexibility index (Phi) is 2.86. The van der Waals surface area contributed by atoms with Crippen molar-refractivity contribution >= 4 is 5.97 Å². The van der Waals surface area contributed by atoms with Gasteiger partial charge in [0.25, 0.3) is 0 Å². The number of rotatable bonds is 2. The Morgan fingerprint density at radius 1 is 1.56 bits per heavy atom. The van der Waals surface area contributed by atoms with Crippen molar-refractivity contribution in [1.29, 1.82) is 0 Å². The van der Waals surface area contributed by atoms with Crippen molar-refractivity contribution in [1.82, 2.24) is 9.97 Å². The van der Waals surface area contributed by atoms with Gasteiger partial charge in [-0.3, -0.25) is 4.79 Å². The molecule has 0 aromatic carbocycles. The van der Waals surface area contributed by atoms with Crippen molar-refractivity contribution in [2.75, 3.05) is 6.61 Å². The summed E-state index contributed by atoms with van der Waals surface area (Å²) in [6.45, 7) is 2.74. The third kappa shape index (κ3) is 1.92. The monoisotopic (exact) mass is 250 g/mol. The molecule has 18 heavy (non-hydrogen) atoms. The van der Waals surface area contributed by atoms with Crippen LogP contribution in [-0.4, -0.2) is 33.8 Å². The van der Waals surface area contributed by atoms with Gasteiger partial charge in [-0.1, -0.05) is 0 Å². The minimum Gasteiger partial charge on any atom is -0.481 e. The summed E-state index contributed by atoms with van der Waals surface area (Å²) in [4.78, 5) is 19.1. The molecule has 0 spiro atoms. The lowest BCUT2D eigenvalue weighted by atomic mass is 9.90. The lowest BCUT2D eigenvalue weighted by Gasteiger charge is -2.16. The second kappa shape index (κ2) is 4.39. The van der Waals surface area contributed by atoms with Crippen LogP contribution in [0, 0.1) is 0 Å². The molecule has 1 saturated heterocycles. The van der Waals surface area contributed by atoms with Crippen LogP contribution in [0.3, 0.4) is 0 Å². The molecule has 1 aromatic heterocycles. The SMILES string of the molecule is CC1CC(c2nc3c([nH]2)CCCC3C(=O)O)CO1. The van der Waals surface area contributed by atoms with Gasteiger partial charge in [-0.05, 0) is 32.6 Å². The Morgan fingerprint density at radius 2 is 2.39 bits per heavy atom. The van der Waals surface area contributed by atoms with Crippen molar-refractivity contribution in [3.63, 3.8) is 0 Å². The molecular formula is C13H18N2O3. The number of aryl methyl sites for hydroxylation is 1. The van der Waals surface area contributed by atoms with Crippen LogP contribution in [0.5, 0.6) is 0 Å². The normalized spacial score (nSPS) is 31.3. The molecule has 0 bridgehead atoms. The number of nitrogens with zero attached hydrogens (tertiary/aromatic N) is 1. The van der Waals surface area contributed by atoms with Gasteiger partial charge in [-0.25, -0.2) is 4.98 Å².